The first kappa shape index (κ1) is 44.6. The molecular formula is C73H48N6O. The Morgan fingerprint density at radius 3 is 1.69 bits per heavy atom. The van der Waals surface area contributed by atoms with E-state index in [1.165, 1.54) is 43.8 Å². The number of fused-ring (bicyclic) bond motifs is 15. The number of para-hydroxylation sites is 6. The molecule has 0 unspecified atom stereocenters. The van der Waals surface area contributed by atoms with Crippen LogP contribution in [-0.4, -0.2) is 23.9 Å². The van der Waals surface area contributed by atoms with Gasteiger partial charge in [0.2, 0.25) is 0 Å². The van der Waals surface area contributed by atoms with Crippen molar-refractivity contribution in [3.8, 4) is 39.4 Å². The van der Waals surface area contributed by atoms with Crippen LogP contribution in [0.1, 0.15) is 25.0 Å². The summed E-state index contributed by atoms with van der Waals surface area (Å²) in [5, 5.41) is 20.1. The van der Waals surface area contributed by atoms with Gasteiger partial charge < -0.3 is 13.6 Å². The average Bonchev–Trinajstić information content (AvgIpc) is 4.26. The van der Waals surface area contributed by atoms with Crippen LogP contribution in [0.25, 0.3) is 127 Å². The van der Waals surface area contributed by atoms with E-state index in [0.29, 0.717) is 5.82 Å². The molecule has 0 saturated carbocycles. The molecule has 16 aromatic rings. The van der Waals surface area contributed by atoms with E-state index in [9.17, 15) is 0 Å². The summed E-state index contributed by atoms with van der Waals surface area (Å²) in [7, 11) is 0. The summed E-state index contributed by atoms with van der Waals surface area (Å²) in [5.41, 5.74) is 19.5. The lowest BCUT2D eigenvalue weighted by Gasteiger charge is -2.26. The summed E-state index contributed by atoms with van der Waals surface area (Å²) in [6.45, 7) is 4.73. The van der Waals surface area contributed by atoms with Crippen LogP contribution in [0, 0.1) is 0 Å². The Morgan fingerprint density at radius 2 is 0.912 bits per heavy atom. The molecule has 1 aliphatic rings. The molecule has 17 rings (SSSR count). The molecule has 0 amide bonds. The second-order valence-electron chi connectivity index (χ2n) is 21.8. The summed E-state index contributed by atoms with van der Waals surface area (Å²) in [6, 6.07) is 92.0. The molecule has 7 heteroatoms. The molecule has 0 radical (unpaired) electrons. The van der Waals surface area contributed by atoms with E-state index in [1.54, 1.807) is 0 Å². The van der Waals surface area contributed by atoms with Crippen molar-refractivity contribution in [3.05, 3.63) is 266 Å². The lowest BCUT2D eigenvalue weighted by Crippen LogP contribution is -2.16. The lowest BCUT2D eigenvalue weighted by atomic mass is 9.82. The van der Waals surface area contributed by atoms with Crippen molar-refractivity contribution in [1.29, 1.82) is 0 Å². The Labute approximate surface area is 460 Å². The third kappa shape index (κ3) is 6.37. The van der Waals surface area contributed by atoms with E-state index in [0.717, 1.165) is 106 Å². The van der Waals surface area contributed by atoms with Crippen LogP contribution in [0.4, 0.5) is 17.2 Å². The van der Waals surface area contributed by atoms with Gasteiger partial charge in [0.1, 0.15) is 11.2 Å². The summed E-state index contributed by atoms with van der Waals surface area (Å²) in [4.78, 5) is 2.26. The quantitative estimate of drug-likeness (QED) is 0.160. The number of nitrogens with zero attached hydrogens (tertiary/aromatic N) is 6. The van der Waals surface area contributed by atoms with Gasteiger partial charge in [0.15, 0.2) is 11.6 Å². The average molecular weight is 1030 g/mol. The van der Waals surface area contributed by atoms with Crippen LogP contribution in [0.3, 0.4) is 0 Å². The zero-order valence-corrected chi connectivity index (χ0v) is 43.8. The maximum Gasteiger partial charge on any atom is 0.184 e. The van der Waals surface area contributed by atoms with Gasteiger partial charge in [-0.05, 0) is 130 Å². The Morgan fingerprint density at radius 1 is 0.350 bits per heavy atom. The normalized spacial score (nSPS) is 13.0. The monoisotopic (exact) mass is 1020 g/mol. The molecule has 5 aromatic heterocycles. The predicted octanol–water partition coefficient (Wildman–Crippen LogP) is 19.1. The zero-order chi connectivity index (χ0) is 52.8. The minimum atomic E-state index is -0.226. The van der Waals surface area contributed by atoms with Gasteiger partial charge in [0, 0.05) is 71.6 Å². The molecule has 80 heavy (non-hydrogen) atoms. The topological polar surface area (TPSA) is 57.0 Å². The molecule has 0 atom stereocenters. The highest BCUT2D eigenvalue weighted by Crippen LogP contribution is 2.52. The van der Waals surface area contributed by atoms with Gasteiger partial charge in [-0.1, -0.05) is 166 Å². The highest BCUT2D eigenvalue weighted by molar-refractivity contribution is 6.15. The smallest absolute Gasteiger partial charge is 0.184 e. The van der Waals surface area contributed by atoms with E-state index in [-0.39, 0.29) is 5.41 Å². The van der Waals surface area contributed by atoms with E-state index in [2.05, 4.69) is 275 Å². The summed E-state index contributed by atoms with van der Waals surface area (Å²) >= 11 is 0. The molecule has 0 aliphatic heterocycles. The number of hydrogen-bond donors (Lipinski definition) is 0. The molecule has 1 aliphatic carbocycles. The van der Waals surface area contributed by atoms with Crippen molar-refractivity contribution in [1.82, 2.24) is 23.9 Å². The first-order chi connectivity index (χ1) is 39.4. The first-order valence-corrected chi connectivity index (χ1v) is 27.4. The van der Waals surface area contributed by atoms with Crippen molar-refractivity contribution in [2.45, 2.75) is 19.3 Å². The van der Waals surface area contributed by atoms with Crippen LogP contribution in [-0.2, 0) is 5.41 Å². The number of anilines is 3. The third-order valence-electron chi connectivity index (χ3n) is 17.1. The van der Waals surface area contributed by atoms with Crippen LogP contribution in [0.2, 0.25) is 0 Å². The Bertz CT molecular complexity index is 5230. The Kier molecular flexibility index (Phi) is 9.34. The van der Waals surface area contributed by atoms with Gasteiger partial charge in [-0.2, -0.15) is 0 Å². The number of furan rings is 1. The molecule has 0 fully saturated rings. The number of rotatable bonds is 7. The van der Waals surface area contributed by atoms with Gasteiger partial charge in [-0.15, -0.1) is 10.2 Å². The molecule has 0 spiro atoms. The molecule has 376 valence electrons. The molecule has 0 bridgehead atoms. The third-order valence-corrected chi connectivity index (χ3v) is 17.1. The van der Waals surface area contributed by atoms with E-state index in [4.69, 9.17) is 14.6 Å². The summed E-state index contributed by atoms with van der Waals surface area (Å²) < 4.78 is 13.4. The molecule has 7 nitrogen and oxygen atoms in total. The summed E-state index contributed by atoms with van der Waals surface area (Å²) in [6.07, 6.45) is 0. The van der Waals surface area contributed by atoms with Crippen LogP contribution < -0.4 is 4.90 Å². The van der Waals surface area contributed by atoms with Crippen molar-refractivity contribution < 1.29 is 4.42 Å². The standard InChI is InChI=1S/C73H48N6O/c1-73(2)60-28-14-9-23-50(60)56-42-58-53-26-11-16-30-63(53)78(67(58)43-61(56)73)68-44-71(76(47-19-5-3-6-20-47)49-35-36-54-51-24-10-15-29-62(51)77(66(54)41-49)48-21-7-4-8-22-48)74-75-72(68)79-64-31-17-12-25-52(64)57-39-45(33-37-65(57)79)46-34-38-70-59(40-46)55-27-13-18-32-69(55)80-70/h3-44H,1-2H3. The highest BCUT2D eigenvalue weighted by Gasteiger charge is 2.37. The SMILES string of the molecule is CC1(C)c2ccccc2-c2cc3c4ccccc4n(-c4cc(N(c5ccccc5)c5ccc6c7ccccc7n(-c7ccccc7)c6c5)nnc4-n4c5ccccc5c5cc(-c6ccc7oc8ccccc8c7c6)ccc54)c3cc21. The van der Waals surface area contributed by atoms with E-state index < -0.39 is 0 Å². The maximum absolute atomic E-state index is 6.27. The maximum atomic E-state index is 6.27. The number of hydrogen-bond acceptors (Lipinski definition) is 4. The number of benzene rings is 11. The van der Waals surface area contributed by atoms with Gasteiger partial charge in [-0.3, -0.25) is 9.47 Å². The van der Waals surface area contributed by atoms with E-state index in [1.807, 2.05) is 12.1 Å². The minimum Gasteiger partial charge on any atom is -0.456 e. The largest absolute Gasteiger partial charge is 0.456 e. The van der Waals surface area contributed by atoms with Crippen molar-refractivity contribution in [2.75, 3.05) is 4.90 Å². The Hall–Kier alpha value is -10.5. The van der Waals surface area contributed by atoms with Gasteiger partial charge in [0.05, 0.1) is 38.8 Å². The minimum absolute atomic E-state index is 0.226. The van der Waals surface area contributed by atoms with Crippen molar-refractivity contribution in [2.24, 2.45) is 0 Å². The van der Waals surface area contributed by atoms with Crippen LogP contribution in [0.15, 0.2) is 259 Å². The summed E-state index contributed by atoms with van der Waals surface area (Å²) in [5.74, 6) is 1.40. The molecule has 11 aromatic carbocycles. The first-order valence-electron chi connectivity index (χ1n) is 27.4. The molecule has 5 heterocycles. The van der Waals surface area contributed by atoms with Crippen LogP contribution in [0.5, 0.6) is 0 Å². The van der Waals surface area contributed by atoms with Crippen molar-refractivity contribution in [3.63, 3.8) is 0 Å². The second-order valence-corrected chi connectivity index (χ2v) is 21.8. The molecule has 0 N–H and O–H groups in total. The molecule has 0 saturated heterocycles. The fourth-order valence-corrected chi connectivity index (χ4v) is 13.5. The Balaban J connectivity index is 0.943. The van der Waals surface area contributed by atoms with Crippen LogP contribution >= 0.6 is 0 Å². The zero-order valence-electron chi connectivity index (χ0n) is 43.8. The number of aromatic nitrogens is 5. The van der Waals surface area contributed by atoms with Gasteiger partial charge in [-0.25, -0.2) is 0 Å². The van der Waals surface area contributed by atoms with Gasteiger partial charge in [0.25, 0.3) is 0 Å². The fourth-order valence-electron chi connectivity index (χ4n) is 13.5. The van der Waals surface area contributed by atoms with E-state index >= 15 is 0 Å². The van der Waals surface area contributed by atoms with Crippen molar-refractivity contribution >= 4 is 105 Å². The highest BCUT2D eigenvalue weighted by atomic mass is 16.3. The lowest BCUT2D eigenvalue weighted by molar-refractivity contribution is 0.661. The van der Waals surface area contributed by atoms with Gasteiger partial charge >= 0.3 is 0 Å². The fraction of sp³-hybridized carbons (Fsp3) is 0.0411. The predicted molar refractivity (Wildman–Crippen MR) is 330 cm³/mol. The second kappa shape index (κ2) is 16.8. The molecular weight excluding hydrogens is 977 g/mol.